The molecule has 0 spiro atoms. The predicted molar refractivity (Wildman–Crippen MR) is 65.5 cm³/mol. The van der Waals surface area contributed by atoms with Crippen molar-refractivity contribution in [3.8, 4) is 0 Å². The van der Waals surface area contributed by atoms with Crippen LogP contribution >= 0.6 is 0 Å². The molecule has 0 aromatic heterocycles. The second-order valence-corrected chi connectivity index (χ2v) is 5.16. The minimum atomic E-state index is -0.411. The summed E-state index contributed by atoms with van der Waals surface area (Å²) < 4.78 is 13.8. The number of nitrogens with one attached hydrogen (secondary N) is 1. The summed E-state index contributed by atoms with van der Waals surface area (Å²) in [7, 11) is 0. The molecule has 3 heteroatoms. The first-order chi connectivity index (χ1) is 8.02. The highest BCUT2D eigenvalue weighted by atomic mass is 19.1. The van der Waals surface area contributed by atoms with Crippen LogP contribution in [0.5, 0.6) is 0 Å². The summed E-state index contributed by atoms with van der Waals surface area (Å²) in [4.78, 5) is 12.0. The zero-order chi connectivity index (χ0) is 12.5. The van der Waals surface area contributed by atoms with Crippen molar-refractivity contribution >= 4 is 5.91 Å². The van der Waals surface area contributed by atoms with E-state index in [1.807, 2.05) is 6.92 Å². The van der Waals surface area contributed by atoms with E-state index in [9.17, 15) is 9.18 Å². The van der Waals surface area contributed by atoms with Crippen LogP contribution in [-0.4, -0.2) is 11.4 Å². The van der Waals surface area contributed by atoms with Gasteiger partial charge in [-0.25, -0.2) is 4.39 Å². The number of hydrogen-bond acceptors (Lipinski definition) is 1. The lowest BCUT2D eigenvalue weighted by atomic mass is 9.99. The van der Waals surface area contributed by atoms with E-state index >= 15 is 0 Å². The summed E-state index contributed by atoms with van der Waals surface area (Å²) in [5.41, 5.74) is 0.500. The molecule has 1 aromatic rings. The summed E-state index contributed by atoms with van der Waals surface area (Å²) in [5.74, 6) is -0.706. The molecule has 1 fully saturated rings. The lowest BCUT2D eigenvalue weighted by Gasteiger charge is -2.25. The van der Waals surface area contributed by atoms with Crippen LogP contribution in [0, 0.1) is 12.7 Å². The van der Waals surface area contributed by atoms with Crippen molar-refractivity contribution in [3.63, 3.8) is 0 Å². The number of aryl methyl sites for hydroxylation is 1. The number of benzene rings is 1. The van der Waals surface area contributed by atoms with Gasteiger partial charge in [-0.2, -0.15) is 0 Å². The van der Waals surface area contributed by atoms with Crippen molar-refractivity contribution in [2.75, 3.05) is 0 Å². The lowest BCUT2D eigenvalue weighted by molar-refractivity contribution is 0.0904. The predicted octanol–water partition coefficient (Wildman–Crippen LogP) is 3.20. The Morgan fingerprint density at radius 1 is 1.35 bits per heavy atom. The third-order valence-electron chi connectivity index (χ3n) is 3.56. The highest BCUT2D eigenvalue weighted by Crippen LogP contribution is 2.29. The second-order valence-electron chi connectivity index (χ2n) is 5.16. The maximum Gasteiger partial charge on any atom is 0.254 e. The second kappa shape index (κ2) is 4.47. The first-order valence-corrected chi connectivity index (χ1v) is 6.09. The smallest absolute Gasteiger partial charge is 0.254 e. The highest BCUT2D eigenvalue weighted by molar-refractivity contribution is 5.95. The van der Waals surface area contributed by atoms with Gasteiger partial charge in [0, 0.05) is 5.54 Å². The minimum absolute atomic E-state index is 0.151. The van der Waals surface area contributed by atoms with Gasteiger partial charge in [0.25, 0.3) is 5.91 Å². The molecule has 1 amide bonds. The first kappa shape index (κ1) is 12.1. The van der Waals surface area contributed by atoms with Gasteiger partial charge in [-0.3, -0.25) is 4.79 Å². The van der Waals surface area contributed by atoms with Gasteiger partial charge in [0.2, 0.25) is 0 Å². The number of carbonyl (C=O) groups excluding carboxylic acids is 1. The molecule has 0 heterocycles. The summed E-state index contributed by atoms with van der Waals surface area (Å²) in [5, 5.41) is 2.96. The van der Waals surface area contributed by atoms with E-state index in [0.29, 0.717) is 5.56 Å². The van der Waals surface area contributed by atoms with Crippen molar-refractivity contribution in [3.05, 3.63) is 35.1 Å². The number of hydrogen-bond donors (Lipinski definition) is 1. The van der Waals surface area contributed by atoms with Crippen LogP contribution in [0.2, 0.25) is 0 Å². The highest BCUT2D eigenvalue weighted by Gasteiger charge is 2.31. The van der Waals surface area contributed by atoms with Gasteiger partial charge in [-0.05, 0) is 38.3 Å². The Labute approximate surface area is 101 Å². The van der Waals surface area contributed by atoms with Crippen LogP contribution in [0.15, 0.2) is 18.2 Å². The minimum Gasteiger partial charge on any atom is -0.347 e. The molecular weight excluding hydrogens is 217 g/mol. The van der Waals surface area contributed by atoms with Crippen LogP contribution in [-0.2, 0) is 0 Å². The largest absolute Gasteiger partial charge is 0.347 e. The van der Waals surface area contributed by atoms with Gasteiger partial charge in [-0.15, -0.1) is 0 Å². The SMILES string of the molecule is Cc1cccc(C(=O)NC2(C)CCCC2)c1F. The first-order valence-electron chi connectivity index (χ1n) is 6.09. The van der Waals surface area contributed by atoms with Crippen molar-refractivity contribution < 1.29 is 9.18 Å². The summed E-state index contributed by atoms with van der Waals surface area (Å²) in [6, 6.07) is 4.92. The van der Waals surface area contributed by atoms with Crippen LogP contribution in [0.25, 0.3) is 0 Å². The maximum atomic E-state index is 13.8. The van der Waals surface area contributed by atoms with Crippen LogP contribution < -0.4 is 5.32 Å². The standard InChI is InChI=1S/C14H18FNO/c1-10-6-5-7-11(12(10)15)13(17)16-14(2)8-3-4-9-14/h5-7H,3-4,8-9H2,1-2H3,(H,16,17). The Bertz CT molecular complexity index is 436. The van der Waals surface area contributed by atoms with E-state index in [1.54, 1.807) is 19.1 Å². The van der Waals surface area contributed by atoms with Gasteiger partial charge in [0.1, 0.15) is 5.82 Å². The average Bonchev–Trinajstić information content (AvgIpc) is 2.68. The molecule has 1 saturated carbocycles. The van der Waals surface area contributed by atoms with Gasteiger partial charge >= 0.3 is 0 Å². The van der Waals surface area contributed by atoms with E-state index in [2.05, 4.69) is 5.32 Å². The van der Waals surface area contributed by atoms with Crippen LogP contribution in [0.4, 0.5) is 4.39 Å². The Kier molecular flexibility index (Phi) is 3.18. The maximum absolute atomic E-state index is 13.8. The molecule has 2 nitrogen and oxygen atoms in total. The molecule has 1 aliphatic rings. The Hall–Kier alpha value is -1.38. The number of halogens is 1. The van der Waals surface area contributed by atoms with Gasteiger partial charge < -0.3 is 5.32 Å². The van der Waals surface area contributed by atoms with E-state index in [0.717, 1.165) is 25.7 Å². The van der Waals surface area contributed by atoms with Crippen molar-refractivity contribution in [2.45, 2.75) is 45.1 Å². The molecule has 2 rings (SSSR count). The lowest BCUT2D eigenvalue weighted by Crippen LogP contribution is -2.43. The van der Waals surface area contributed by atoms with Crippen LogP contribution in [0.1, 0.15) is 48.5 Å². The zero-order valence-electron chi connectivity index (χ0n) is 10.3. The van der Waals surface area contributed by atoms with Crippen molar-refractivity contribution in [1.29, 1.82) is 0 Å². The van der Waals surface area contributed by atoms with Gasteiger partial charge in [-0.1, -0.05) is 25.0 Å². The summed E-state index contributed by atoms with van der Waals surface area (Å²) in [6.45, 7) is 3.70. The molecule has 0 aliphatic heterocycles. The fourth-order valence-corrected chi connectivity index (χ4v) is 2.44. The van der Waals surface area contributed by atoms with E-state index in [4.69, 9.17) is 0 Å². The van der Waals surface area contributed by atoms with Crippen LogP contribution in [0.3, 0.4) is 0 Å². The third kappa shape index (κ3) is 2.48. The molecular formula is C14H18FNO. The van der Waals surface area contributed by atoms with E-state index in [-0.39, 0.29) is 17.0 Å². The molecule has 0 saturated heterocycles. The monoisotopic (exact) mass is 235 g/mol. The fraction of sp³-hybridized carbons (Fsp3) is 0.500. The molecule has 0 bridgehead atoms. The molecule has 17 heavy (non-hydrogen) atoms. The number of carbonyl (C=O) groups is 1. The van der Waals surface area contributed by atoms with Gasteiger partial charge in [0.05, 0.1) is 5.56 Å². The van der Waals surface area contributed by atoms with Gasteiger partial charge in [0.15, 0.2) is 0 Å². The molecule has 0 unspecified atom stereocenters. The molecule has 0 radical (unpaired) electrons. The van der Waals surface area contributed by atoms with Crippen molar-refractivity contribution in [2.24, 2.45) is 0 Å². The Morgan fingerprint density at radius 2 is 2.00 bits per heavy atom. The molecule has 0 atom stereocenters. The molecule has 92 valence electrons. The summed E-state index contributed by atoms with van der Waals surface area (Å²) >= 11 is 0. The Morgan fingerprint density at radius 3 is 2.65 bits per heavy atom. The summed E-state index contributed by atoms with van der Waals surface area (Å²) in [6.07, 6.45) is 4.22. The normalized spacial score (nSPS) is 18.1. The number of rotatable bonds is 2. The molecule has 1 N–H and O–H groups in total. The zero-order valence-corrected chi connectivity index (χ0v) is 10.3. The van der Waals surface area contributed by atoms with Crippen molar-refractivity contribution in [1.82, 2.24) is 5.32 Å². The van der Waals surface area contributed by atoms with E-state index in [1.165, 1.54) is 6.07 Å². The Balaban J connectivity index is 2.17. The topological polar surface area (TPSA) is 29.1 Å². The number of amides is 1. The molecule has 1 aromatic carbocycles. The molecule has 1 aliphatic carbocycles. The van der Waals surface area contributed by atoms with E-state index < -0.39 is 5.82 Å². The average molecular weight is 235 g/mol. The third-order valence-corrected chi connectivity index (χ3v) is 3.56. The fourth-order valence-electron chi connectivity index (χ4n) is 2.44. The quantitative estimate of drug-likeness (QED) is 0.838.